The molecular weight excluding hydrogens is 358 g/mol. The largest absolute Gasteiger partial charge is 0.487 e. The quantitative estimate of drug-likeness (QED) is 0.787. The van der Waals surface area contributed by atoms with Crippen molar-refractivity contribution in [2.24, 2.45) is 0 Å². The van der Waals surface area contributed by atoms with Crippen molar-refractivity contribution in [2.45, 2.75) is 31.9 Å². The number of nitrogens with one attached hydrogen (secondary N) is 1. The number of rotatable bonds is 2. The minimum absolute atomic E-state index is 0.163. The zero-order valence-corrected chi connectivity index (χ0v) is 14.6. The molecule has 0 bridgehead atoms. The smallest absolute Gasteiger partial charge is 0.253 e. The van der Waals surface area contributed by atoms with Gasteiger partial charge in [0.2, 0.25) is 0 Å². The van der Waals surface area contributed by atoms with Crippen LogP contribution in [0.2, 0.25) is 0 Å². The highest BCUT2D eigenvalue weighted by Crippen LogP contribution is 2.40. The van der Waals surface area contributed by atoms with E-state index in [1.165, 1.54) is 0 Å². The first-order chi connectivity index (χ1) is 10.8. The lowest BCUT2D eigenvalue weighted by Gasteiger charge is -2.38. The molecule has 1 aliphatic heterocycles. The van der Waals surface area contributed by atoms with Gasteiger partial charge in [-0.05, 0) is 54.0 Å². The van der Waals surface area contributed by atoms with Crippen molar-refractivity contribution in [3.63, 3.8) is 0 Å². The summed E-state index contributed by atoms with van der Waals surface area (Å²) in [7, 11) is 0. The zero-order chi connectivity index (χ0) is 16.6. The summed E-state index contributed by atoms with van der Waals surface area (Å²) in [5, 5.41) is 3.07. The van der Waals surface area contributed by atoms with Crippen molar-refractivity contribution in [1.82, 2.24) is 10.3 Å². The maximum Gasteiger partial charge on any atom is 0.253 e. The fraction of sp³-hybridized carbons (Fsp3) is 0.294. The number of benzene rings is 1. The number of nitrogen functional groups attached to an aromatic ring is 1. The number of ether oxygens (including phenoxy) is 1. The molecule has 2 aromatic rings. The highest BCUT2D eigenvalue weighted by molar-refractivity contribution is 9.10. The number of anilines is 1. The summed E-state index contributed by atoms with van der Waals surface area (Å²) < 4.78 is 6.75. The van der Waals surface area contributed by atoms with Crippen LogP contribution in [0, 0.1) is 0 Å². The molecule has 1 amide bonds. The van der Waals surface area contributed by atoms with Gasteiger partial charge in [-0.1, -0.05) is 0 Å². The van der Waals surface area contributed by atoms with E-state index in [1.807, 2.05) is 26.0 Å². The van der Waals surface area contributed by atoms with Crippen LogP contribution < -0.4 is 15.8 Å². The topological polar surface area (TPSA) is 77.2 Å². The standard InChI is InChI=1S/C17H18BrN3O2/c1-17(2)7-14(13-6-12(19)3-4-15(13)23-17)21-16(22)10-5-11(18)9-20-8-10/h3-6,8-9,14H,7,19H2,1-2H3,(H,21,22). The van der Waals surface area contributed by atoms with E-state index in [4.69, 9.17) is 10.5 Å². The third-order valence-electron chi connectivity index (χ3n) is 3.76. The molecule has 1 aliphatic rings. The van der Waals surface area contributed by atoms with Crippen LogP contribution in [0.3, 0.4) is 0 Å². The Morgan fingerprint density at radius 2 is 2.17 bits per heavy atom. The molecule has 23 heavy (non-hydrogen) atoms. The van der Waals surface area contributed by atoms with Gasteiger partial charge in [0.05, 0.1) is 11.6 Å². The number of nitrogens with two attached hydrogens (primary N) is 1. The van der Waals surface area contributed by atoms with Crippen molar-refractivity contribution < 1.29 is 9.53 Å². The number of carbonyl (C=O) groups excluding carboxylic acids is 1. The lowest BCUT2D eigenvalue weighted by molar-refractivity contribution is 0.0620. The van der Waals surface area contributed by atoms with E-state index in [2.05, 4.69) is 26.2 Å². The maximum atomic E-state index is 12.5. The van der Waals surface area contributed by atoms with Crippen molar-refractivity contribution in [2.75, 3.05) is 5.73 Å². The molecule has 1 aromatic heterocycles. The molecular formula is C17H18BrN3O2. The monoisotopic (exact) mass is 375 g/mol. The minimum Gasteiger partial charge on any atom is -0.487 e. The number of pyridine rings is 1. The fourth-order valence-electron chi connectivity index (χ4n) is 2.78. The summed E-state index contributed by atoms with van der Waals surface area (Å²) in [6, 6.07) is 7.09. The lowest BCUT2D eigenvalue weighted by atomic mass is 9.89. The van der Waals surface area contributed by atoms with Crippen LogP contribution in [0.15, 0.2) is 41.1 Å². The van der Waals surface area contributed by atoms with Gasteiger partial charge in [-0.15, -0.1) is 0 Å². The Labute approximate surface area is 143 Å². The Kier molecular flexibility index (Phi) is 4.02. The van der Waals surface area contributed by atoms with Crippen molar-refractivity contribution in [3.8, 4) is 5.75 Å². The maximum absolute atomic E-state index is 12.5. The molecule has 3 rings (SSSR count). The molecule has 3 N–H and O–H groups in total. The molecule has 0 fully saturated rings. The Hall–Kier alpha value is -2.08. The average molecular weight is 376 g/mol. The second-order valence-corrected chi connectivity index (χ2v) is 7.20. The molecule has 0 saturated heterocycles. The minimum atomic E-state index is -0.365. The lowest BCUT2D eigenvalue weighted by Crippen LogP contribution is -2.41. The molecule has 1 atom stereocenters. The first-order valence-electron chi connectivity index (χ1n) is 7.34. The van der Waals surface area contributed by atoms with E-state index in [0.717, 1.165) is 15.8 Å². The Balaban J connectivity index is 1.90. The molecule has 0 aliphatic carbocycles. The van der Waals surface area contributed by atoms with E-state index in [0.29, 0.717) is 17.7 Å². The fourth-order valence-corrected chi connectivity index (χ4v) is 3.14. The highest BCUT2D eigenvalue weighted by Gasteiger charge is 2.34. The molecule has 0 saturated carbocycles. The van der Waals surface area contributed by atoms with Gasteiger partial charge in [0.15, 0.2) is 0 Å². The summed E-state index contributed by atoms with van der Waals surface area (Å²) in [6.45, 7) is 4.01. The van der Waals surface area contributed by atoms with Crippen LogP contribution in [-0.4, -0.2) is 16.5 Å². The molecule has 0 spiro atoms. The van der Waals surface area contributed by atoms with E-state index < -0.39 is 0 Å². The van der Waals surface area contributed by atoms with Crippen LogP contribution >= 0.6 is 15.9 Å². The van der Waals surface area contributed by atoms with Gasteiger partial charge in [0, 0.05) is 34.5 Å². The number of aromatic nitrogens is 1. The Morgan fingerprint density at radius 1 is 1.39 bits per heavy atom. The predicted molar refractivity (Wildman–Crippen MR) is 92.3 cm³/mol. The molecule has 6 heteroatoms. The van der Waals surface area contributed by atoms with Crippen molar-refractivity contribution in [3.05, 3.63) is 52.3 Å². The Morgan fingerprint density at radius 3 is 2.91 bits per heavy atom. The first kappa shape index (κ1) is 15.8. The van der Waals surface area contributed by atoms with Crippen LogP contribution in [0.25, 0.3) is 0 Å². The third kappa shape index (κ3) is 3.47. The van der Waals surface area contributed by atoms with Gasteiger partial charge in [-0.25, -0.2) is 0 Å². The van der Waals surface area contributed by atoms with Gasteiger partial charge in [-0.2, -0.15) is 0 Å². The summed E-state index contributed by atoms with van der Waals surface area (Å²) in [5.41, 5.74) is 7.58. The van der Waals surface area contributed by atoms with Crippen LogP contribution in [0.4, 0.5) is 5.69 Å². The Bertz CT molecular complexity index is 761. The molecule has 1 unspecified atom stereocenters. The number of amides is 1. The van der Waals surface area contributed by atoms with Crippen LogP contribution in [0.1, 0.15) is 42.2 Å². The molecule has 2 heterocycles. The zero-order valence-electron chi connectivity index (χ0n) is 13.0. The molecule has 0 radical (unpaired) electrons. The van der Waals surface area contributed by atoms with Crippen LogP contribution in [-0.2, 0) is 0 Å². The number of halogens is 1. The van der Waals surface area contributed by atoms with Gasteiger partial charge in [0.25, 0.3) is 5.91 Å². The number of nitrogens with zero attached hydrogens (tertiary/aromatic N) is 1. The normalized spacial score (nSPS) is 18.7. The van der Waals surface area contributed by atoms with E-state index >= 15 is 0 Å². The first-order valence-corrected chi connectivity index (χ1v) is 8.13. The average Bonchev–Trinajstić information content (AvgIpc) is 2.47. The third-order valence-corrected chi connectivity index (χ3v) is 4.20. The summed E-state index contributed by atoms with van der Waals surface area (Å²) in [6.07, 6.45) is 3.85. The van der Waals surface area contributed by atoms with E-state index in [9.17, 15) is 4.79 Å². The van der Waals surface area contributed by atoms with Crippen LogP contribution in [0.5, 0.6) is 5.75 Å². The second kappa shape index (κ2) is 5.85. The predicted octanol–water partition coefficient (Wildman–Crippen LogP) is 3.46. The number of carbonyl (C=O) groups is 1. The SMILES string of the molecule is CC1(C)CC(NC(=O)c2cncc(Br)c2)c2cc(N)ccc2O1. The number of hydrogen-bond acceptors (Lipinski definition) is 4. The highest BCUT2D eigenvalue weighted by atomic mass is 79.9. The summed E-state index contributed by atoms with van der Waals surface area (Å²) in [4.78, 5) is 16.6. The molecule has 120 valence electrons. The van der Waals surface area contributed by atoms with Gasteiger partial charge >= 0.3 is 0 Å². The second-order valence-electron chi connectivity index (χ2n) is 6.28. The van der Waals surface area contributed by atoms with Gasteiger partial charge in [-0.3, -0.25) is 9.78 Å². The van der Waals surface area contributed by atoms with E-state index in [-0.39, 0.29) is 17.6 Å². The molecule has 1 aromatic carbocycles. The number of hydrogen-bond donors (Lipinski definition) is 2. The summed E-state index contributed by atoms with van der Waals surface area (Å²) in [5.74, 6) is 0.586. The van der Waals surface area contributed by atoms with E-state index in [1.54, 1.807) is 24.5 Å². The molecule has 5 nitrogen and oxygen atoms in total. The van der Waals surface area contributed by atoms with Gasteiger partial charge < -0.3 is 15.8 Å². The van der Waals surface area contributed by atoms with Gasteiger partial charge in [0.1, 0.15) is 11.4 Å². The van der Waals surface area contributed by atoms with Crippen molar-refractivity contribution in [1.29, 1.82) is 0 Å². The summed E-state index contributed by atoms with van der Waals surface area (Å²) >= 11 is 3.33. The number of fused-ring (bicyclic) bond motifs is 1. The van der Waals surface area contributed by atoms with Crippen molar-refractivity contribution >= 4 is 27.5 Å².